The van der Waals surface area contributed by atoms with Gasteiger partial charge >= 0.3 is 6.09 Å². The molecule has 2 amide bonds. The molecule has 0 aliphatic heterocycles. The second kappa shape index (κ2) is 8.34. The van der Waals surface area contributed by atoms with E-state index in [2.05, 4.69) is 22.8 Å². The summed E-state index contributed by atoms with van der Waals surface area (Å²) in [4.78, 5) is 23.7. The summed E-state index contributed by atoms with van der Waals surface area (Å²) < 4.78 is 5.15. The summed E-state index contributed by atoms with van der Waals surface area (Å²) in [5, 5.41) is 5.70. The van der Waals surface area contributed by atoms with Crippen molar-refractivity contribution in [3.63, 3.8) is 0 Å². The summed E-state index contributed by atoms with van der Waals surface area (Å²) in [6.07, 6.45) is 2.40. The van der Waals surface area contributed by atoms with Crippen LogP contribution in [0.4, 0.5) is 4.79 Å². The van der Waals surface area contributed by atoms with E-state index in [0.29, 0.717) is 19.4 Å². The lowest BCUT2D eigenvalue weighted by molar-refractivity contribution is -0.123. The number of alkyl carbamates (subject to hydrolysis) is 1. The van der Waals surface area contributed by atoms with Gasteiger partial charge in [-0.05, 0) is 57.6 Å². The highest BCUT2D eigenvalue weighted by Crippen LogP contribution is 2.21. The van der Waals surface area contributed by atoms with Gasteiger partial charge in [0.15, 0.2) is 0 Å². The van der Waals surface area contributed by atoms with Gasteiger partial charge in [0.25, 0.3) is 0 Å². The van der Waals surface area contributed by atoms with Crippen molar-refractivity contribution < 1.29 is 14.3 Å². The third kappa shape index (κ3) is 6.38. The molecule has 6 nitrogen and oxygen atoms in total. The molecule has 1 atom stereocenters. The van der Waals surface area contributed by atoms with Crippen molar-refractivity contribution in [1.29, 1.82) is 0 Å². The van der Waals surface area contributed by atoms with Crippen LogP contribution in [0.5, 0.6) is 0 Å². The van der Waals surface area contributed by atoms with Crippen molar-refractivity contribution in [1.82, 2.24) is 10.6 Å². The lowest BCUT2D eigenvalue weighted by Crippen LogP contribution is -2.46. The van der Waals surface area contributed by atoms with Gasteiger partial charge < -0.3 is 21.1 Å². The molecule has 0 spiro atoms. The molecule has 0 heterocycles. The van der Waals surface area contributed by atoms with Gasteiger partial charge in [-0.2, -0.15) is 0 Å². The number of amides is 2. The first-order valence-electron chi connectivity index (χ1n) is 8.84. The van der Waals surface area contributed by atoms with Gasteiger partial charge in [-0.15, -0.1) is 0 Å². The van der Waals surface area contributed by atoms with E-state index in [-0.39, 0.29) is 11.9 Å². The van der Waals surface area contributed by atoms with E-state index in [4.69, 9.17) is 10.5 Å². The molecule has 1 aliphatic carbocycles. The lowest BCUT2D eigenvalue weighted by Gasteiger charge is -2.20. The van der Waals surface area contributed by atoms with Crippen LogP contribution in [-0.4, -0.2) is 36.2 Å². The first-order chi connectivity index (χ1) is 11.7. The van der Waals surface area contributed by atoms with Gasteiger partial charge in [-0.3, -0.25) is 4.79 Å². The Morgan fingerprint density at radius 2 is 1.84 bits per heavy atom. The first kappa shape index (κ1) is 19.2. The summed E-state index contributed by atoms with van der Waals surface area (Å²) in [5.74, 6) is -0.130. The predicted molar refractivity (Wildman–Crippen MR) is 97.2 cm³/mol. The highest BCUT2D eigenvalue weighted by molar-refractivity contribution is 5.81. The summed E-state index contributed by atoms with van der Waals surface area (Å²) in [6, 6.07) is 7.80. The standard InChI is InChI=1S/C19H29N3O3/c1-19(2,3)25-18(24)21-10-6-9-16(20)17(23)22-15-11-13-7-4-5-8-14(13)12-15/h4-5,7-8,15-16H,6,9-12,20H2,1-3H3,(H,21,24)(H,22,23)/t16-/m1/s1. The Bertz CT molecular complexity index is 585. The molecule has 25 heavy (non-hydrogen) atoms. The van der Waals surface area contributed by atoms with Gasteiger partial charge in [0.1, 0.15) is 5.60 Å². The van der Waals surface area contributed by atoms with Crippen LogP contribution in [0.2, 0.25) is 0 Å². The highest BCUT2D eigenvalue weighted by Gasteiger charge is 2.24. The smallest absolute Gasteiger partial charge is 0.407 e. The predicted octanol–water partition coefficient (Wildman–Crippen LogP) is 1.90. The topological polar surface area (TPSA) is 93.4 Å². The normalized spacial score (nSPS) is 15.4. The maximum absolute atomic E-state index is 12.2. The minimum atomic E-state index is -0.566. The highest BCUT2D eigenvalue weighted by atomic mass is 16.6. The van der Waals surface area contributed by atoms with Crippen molar-refractivity contribution in [2.24, 2.45) is 5.73 Å². The van der Waals surface area contributed by atoms with Crippen molar-refractivity contribution >= 4 is 12.0 Å². The molecular weight excluding hydrogens is 318 g/mol. The van der Waals surface area contributed by atoms with Crippen molar-refractivity contribution in [3.05, 3.63) is 35.4 Å². The molecule has 138 valence electrons. The minimum absolute atomic E-state index is 0.121. The Morgan fingerprint density at radius 1 is 1.24 bits per heavy atom. The van der Waals surface area contributed by atoms with E-state index >= 15 is 0 Å². The molecule has 0 saturated carbocycles. The first-order valence-corrected chi connectivity index (χ1v) is 8.84. The third-order valence-electron chi connectivity index (χ3n) is 4.09. The van der Waals surface area contributed by atoms with Crippen LogP contribution in [0, 0.1) is 0 Å². The van der Waals surface area contributed by atoms with Gasteiger partial charge in [-0.25, -0.2) is 4.79 Å². The Balaban J connectivity index is 1.64. The van der Waals surface area contributed by atoms with Crippen molar-refractivity contribution in [3.8, 4) is 0 Å². The maximum Gasteiger partial charge on any atom is 0.407 e. The van der Waals surface area contributed by atoms with Crippen LogP contribution < -0.4 is 16.4 Å². The number of benzene rings is 1. The van der Waals surface area contributed by atoms with Gasteiger partial charge in [-0.1, -0.05) is 24.3 Å². The molecule has 2 rings (SSSR count). The van der Waals surface area contributed by atoms with Crippen LogP contribution in [0.1, 0.15) is 44.7 Å². The molecule has 0 unspecified atom stereocenters. The molecule has 0 saturated heterocycles. The zero-order chi connectivity index (χ0) is 18.4. The van der Waals surface area contributed by atoms with Gasteiger partial charge in [0.05, 0.1) is 6.04 Å². The SMILES string of the molecule is CC(C)(C)OC(=O)NCCC[C@@H](N)C(=O)NC1Cc2ccccc2C1. The van der Waals surface area contributed by atoms with E-state index in [0.717, 1.165) is 12.8 Å². The van der Waals surface area contributed by atoms with Crippen molar-refractivity contribution in [2.45, 2.75) is 64.1 Å². The number of ether oxygens (including phenoxy) is 1. The minimum Gasteiger partial charge on any atom is -0.444 e. The quantitative estimate of drug-likeness (QED) is 0.685. The fourth-order valence-electron chi connectivity index (χ4n) is 2.93. The number of hydrogen-bond donors (Lipinski definition) is 3. The average molecular weight is 347 g/mol. The summed E-state index contributed by atoms with van der Waals surface area (Å²) in [6.45, 7) is 5.88. The summed E-state index contributed by atoms with van der Waals surface area (Å²) in [5.41, 5.74) is 8.04. The van der Waals surface area contributed by atoms with E-state index in [1.165, 1.54) is 11.1 Å². The molecule has 0 radical (unpaired) electrons. The van der Waals surface area contributed by atoms with E-state index in [1.807, 2.05) is 32.9 Å². The maximum atomic E-state index is 12.2. The lowest BCUT2D eigenvalue weighted by atomic mass is 10.1. The van der Waals surface area contributed by atoms with Crippen molar-refractivity contribution in [2.75, 3.05) is 6.54 Å². The van der Waals surface area contributed by atoms with E-state index < -0.39 is 17.7 Å². The fraction of sp³-hybridized carbons (Fsp3) is 0.579. The summed E-state index contributed by atoms with van der Waals surface area (Å²) >= 11 is 0. The number of fused-ring (bicyclic) bond motifs is 1. The third-order valence-corrected chi connectivity index (χ3v) is 4.09. The number of nitrogens with one attached hydrogen (secondary N) is 2. The van der Waals surface area contributed by atoms with Crippen LogP contribution >= 0.6 is 0 Å². The zero-order valence-electron chi connectivity index (χ0n) is 15.3. The zero-order valence-corrected chi connectivity index (χ0v) is 15.3. The van der Waals surface area contributed by atoms with Gasteiger partial charge in [0, 0.05) is 12.6 Å². The van der Waals surface area contributed by atoms with Crippen LogP contribution in [0.15, 0.2) is 24.3 Å². The number of rotatable bonds is 6. The molecule has 0 bridgehead atoms. The molecule has 0 fully saturated rings. The number of hydrogen-bond acceptors (Lipinski definition) is 4. The average Bonchev–Trinajstić information content (AvgIpc) is 2.91. The number of nitrogens with two attached hydrogens (primary N) is 1. The monoisotopic (exact) mass is 347 g/mol. The molecule has 1 aliphatic rings. The van der Waals surface area contributed by atoms with Crippen LogP contribution in [-0.2, 0) is 22.4 Å². The van der Waals surface area contributed by atoms with E-state index in [9.17, 15) is 9.59 Å². The Kier molecular flexibility index (Phi) is 6.42. The second-order valence-electron chi connectivity index (χ2n) is 7.56. The molecule has 6 heteroatoms. The van der Waals surface area contributed by atoms with Crippen LogP contribution in [0.25, 0.3) is 0 Å². The number of carbonyl (C=O) groups is 2. The molecule has 1 aromatic carbocycles. The summed E-state index contributed by atoms with van der Waals surface area (Å²) in [7, 11) is 0. The second-order valence-corrected chi connectivity index (χ2v) is 7.56. The van der Waals surface area contributed by atoms with Gasteiger partial charge in [0.2, 0.25) is 5.91 Å². The Morgan fingerprint density at radius 3 is 2.40 bits per heavy atom. The number of carbonyl (C=O) groups excluding carboxylic acids is 2. The van der Waals surface area contributed by atoms with E-state index in [1.54, 1.807) is 0 Å². The molecule has 1 aromatic rings. The largest absolute Gasteiger partial charge is 0.444 e. The van der Waals surface area contributed by atoms with Crippen LogP contribution in [0.3, 0.4) is 0 Å². The Hall–Kier alpha value is -2.08. The Labute approximate surface area is 149 Å². The molecule has 0 aromatic heterocycles. The fourth-order valence-corrected chi connectivity index (χ4v) is 2.93. The molecular formula is C19H29N3O3. The molecule has 4 N–H and O–H groups in total.